The second kappa shape index (κ2) is 7.12. The van der Waals surface area contributed by atoms with Crippen LogP contribution in [-0.2, 0) is 9.53 Å². The monoisotopic (exact) mass is 325 g/mol. The van der Waals surface area contributed by atoms with Crippen molar-refractivity contribution in [1.82, 2.24) is 4.98 Å². The molecule has 2 N–H and O–H groups in total. The summed E-state index contributed by atoms with van der Waals surface area (Å²) in [6.45, 7) is 2.13. The Morgan fingerprint density at radius 1 is 1.12 bits per heavy atom. The van der Waals surface area contributed by atoms with Gasteiger partial charge in [-0.3, -0.25) is 4.79 Å². The molecule has 0 saturated heterocycles. The third-order valence-electron chi connectivity index (χ3n) is 3.65. The highest BCUT2D eigenvalue weighted by Gasteiger charge is 2.29. The second-order valence-corrected chi connectivity index (χ2v) is 5.62. The van der Waals surface area contributed by atoms with Gasteiger partial charge in [0.15, 0.2) is 0 Å². The van der Waals surface area contributed by atoms with E-state index in [2.05, 4.69) is 15.6 Å². The minimum Gasteiger partial charge on any atom is -0.462 e. The summed E-state index contributed by atoms with van der Waals surface area (Å²) in [7, 11) is 0. The van der Waals surface area contributed by atoms with Gasteiger partial charge in [-0.2, -0.15) is 0 Å². The topological polar surface area (TPSA) is 80.3 Å². The van der Waals surface area contributed by atoms with Crippen LogP contribution in [0.5, 0.6) is 0 Å². The average molecular weight is 325 g/mol. The van der Waals surface area contributed by atoms with E-state index in [1.165, 1.54) is 0 Å². The lowest BCUT2D eigenvalue weighted by molar-refractivity contribution is -0.117. The van der Waals surface area contributed by atoms with E-state index in [1.54, 1.807) is 43.5 Å². The number of nitrogens with one attached hydrogen (secondary N) is 2. The van der Waals surface area contributed by atoms with Crippen LogP contribution in [-0.4, -0.2) is 23.5 Å². The Bertz CT molecular complexity index is 722. The van der Waals surface area contributed by atoms with Crippen molar-refractivity contribution >= 4 is 29.1 Å². The van der Waals surface area contributed by atoms with E-state index in [9.17, 15) is 9.59 Å². The van der Waals surface area contributed by atoms with E-state index in [4.69, 9.17) is 4.74 Å². The summed E-state index contributed by atoms with van der Waals surface area (Å²) in [4.78, 5) is 27.5. The summed E-state index contributed by atoms with van der Waals surface area (Å²) in [5.74, 6) is 0.414. The molecule has 1 aliphatic rings. The van der Waals surface area contributed by atoms with Gasteiger partial charge >= 0.3 is 5.97 Å². The van der Waals surface area contributed by atoms with Crippen LogP contribution in [0.1, 0.15) is 30.1 Å². The number of carbonyl (C=O) groups is 2. The smallest absolute Gasteiger partial charge is 0.338 e. The van der Waals surface area contributed by atoms with Crippen molar-refractivity contribution in [2.45, 2.75) is 19.8 Å². The standard InChI is InChI=1S/C18H19N3O3/c1-2-24-18(23)13-5-7-14(8-6-13)20-15-9-10-16(19-11-15)21-17(22)12-3-4-12/h5-12,20H,2-4H2,1H3,(H,19,21,22). The fourth-order valence-electron chi connectivity index (χ4n) is 2.19. The van der Waals surface area contributed by atoms with E-state index < -0.39 is 0 Å². The third kappa shape index (κ3) is 4.10. The lowest BCUT2D eigenvalue weighted by atomic mass is 10.2. The first-order chi connectivity index (χ1) is 11.7. The Labute approximate surface area is 140 Å². The average Bonchev–Trinajstić information content (AvgIpc) is 3.42. The molecular weight excluding hydrogens is 306 g/mol. The number of esters is 1. The van der Waals surface area contributed by atoms with E-state index in [0.717, 1.165) is 24.2 Å². The molecule has 0 atom stereocenters. The zero-order chi connectivity index (χ0) is 16.9. The zero-order valence-corrected chi connectivity index (χ0v) is 13.4. The largest absolute Gasteiger partial charge is 0.462 e. The Kier molecular flexibility index (Phi) is 4.74. The maximum atomic E-state index is 11.7. The molecule has 1 aromatic carbocycles. The lowest BCUT2D eigenvalue weighted by Gasteiger charge is -2.08. The Hall–Kier alpha value is -2.89. The van der Waals surface area contributed by atoms with Gasteiger partial charge in [0.1, 0.15) is 5.82 Å². The van der Waals surface area contributed by atoms with Gasteiger partial charge in [-0.05, 0) is 56.2 Å². The van der Waals surface area contributed by atoms with Crippen LogP contribution >= 0.6 is 0 Å². The predicted molar refractivity (Wildman–Crippen MR) is 91.3 cm³/mol. The molecule has 6 heteroatoms. The molecule has 1 aromatic heterocycles. The quantitative estimate of drug-likeness (QED) is 0.796. The maximum absolute atomic E-state index is 11.7. The molecule has 0 unspecified atom stereocenters. The maximum Gasteiger partial charge on any atom is 0.338 e. The summed E-state index contributed by atoms with van der Waals surface area (Å²) in [5.41, 5.74) is 2.14. The predicted octanol–water partition coefficient (Wildman–Crippen LogP) is 3.35. The van der Waals surface area contributed by atoms with Crippen molar-refractivity contribution in [1.29, 1.82) is 0 Å². The molecule has 0 bridgehead atoms. The number of nitrogens with zero attached hydrogens (tertiary/aromatic N) is 1. The lowest BCUT2D eigenvalue weighted by Crippen LogP contribution is -2.14. The number of ether oxygens (including phenoxy) is 1. The van der Waals surface area contributed by atoms with Crippen LogP contribution in [0.4, 0.5) is 17.2 Å². The first kappa shape index (κ1) is 16.0. The van der Waals surface area contributed by atoms with Gasteiger partial charge in [0.25, 0.3) is 0 Å². The first-order valence-corrected chi connectivity index (χ1v) is 7.97. The van der Waals surface area contributed by atoms with E-state index in [1.807, 2.05) is 6.07 Å². The summed E-state index contributed by atoms with van der Waals surface area (Å²) in [6.07, 6.45) is 3.59. The van der Waals surface area contributed by atoms with Gasteiger partial charge in [0.05, 0.1) is 24.1 Å². The van der Waals surface area contributed by atoms with Crippen LogP contribution in [0, 0.1) is 5.92 Å². The molecule has 1 heterocycles. The fourth-order valence-corrected chi connectivity index (χ4v) is 2.19. The molecule has 2 aromatic rings. The van der Waals surface area contributed by atoms with Gasteiger partial charge < -0.3 is 15.4 Å². The number of anilines is 3. The van der Waals surface area contributed by atoms with Crippen molar-refractivity contribution in [2.24, 2.45) is 5.92 Å². The van der Waals surface area contributed by atoms with Crippen LogP contribution in [0.15, 0.2) is 42.6 Å². The first-order valence-electron chi connectivity index (χ1n) is 7.97. The van der Waals surface area contributed by atoms with Crippen LogP contribution in [0.3, 0.4) is 0 Å². The van der Waals surface area contributed by atoms with Crippen LogP contribution < -0.4 is 10.6 Å². The second-order valence-electron chi connectivity index (χ2n) is 5.62. The number of hydrogen-bond acceptors (Lipinski definition) is 5. The Morgan fingerprint density at radius 2 is 1.83 bits per heavy atom. The van der Waals surface area contributed by atoms with E-state index >= 15 is 0 Å². The molecule has 1 fully saturated rings. The number of hydrogen-bond donors (Lipinski definition) is 2. The van der Waals surface area contributed by atoms with Gasteiger partial charge in [-0.25, -0.2) is 9.78 Å². The minimum absolute atomic E-state index is 0.0396. The van der Waals surface area contributed by atoms with E-state index in [0.29, 0.717) is 18.0 Å². The normalized spacial score (nSPS) is 13.2. The Balaban J connectivity index is 1.59. The van der Waals surface area contributed by atoms with Crippen molar-refractivity contribution in [3.63, 3.8) is 0 Å². The van der Waals surface area contributed by atoms with Crippen molar-refractivity contribution in [3.8, 4) is 0 Å². The summed E-state index contributed by atoms with van der Waals surface area (Å²) < 4.78 is 4.95. The van der Waals surface area contributed by atoms with Crippen LogP contribution in [0.25, 0.3) is 0 Å². The van der Waals surface area contributed by atoms with Gasteiger partial charge in [0, 0.05) is 11.6 Å². The SMILES string of the molecule is CCOC(=O)c1ccc(Nc2ccc(NC(=O)C3CC3)nc2)cc1. The summed E-state index contributed by atoms with van der Waals surface area (Å²) in [5, 5.41) is 5.99. The number of aromatic nitrogens is 1. The fraction of sp³-hybridized carbons (Fsp3) is 0.278. The molecule has 1 aliphatic carbocycles. The van der Waals surface area contributed by atoms with Crippen molar-refractivity contribution in [3.05, 3.63) is 48.2 Å². The number of amides is 1. The number of carbonyl (C=O) groups excluding carboxylic acids is 2. The highest BCUT2D eigenvalue weighted by molar-refractivity contribution is 5.93. The highest BCUT2D eigenvalue weighted by atomic mass is 16.5. The molecule has 6 nitrogen and oxygen atoms in total. The van der Waals surface area contributed by atoms with Crippen LogP contribution in [0.2, 0.25) is 0 Å². The molecule has 0 spiro atoms. The highest BCUT2D eigenvalue weighted by Crippen LogP contribution is 2.30. The molecule has 0 aliphatic heterocycles. The van der Waals surface area contributed by atoms with Gasteiger partial charge in [-0.15, -0.1) is 0 Å². The van der Waals surface area contributed by atoms with Crippen molar-refractivity contribution in [2.75, 3.05) is 17.2 Å². The zero-order valence-electron chi connectivity index (χ0n) is 13.4. The molecular formula is C18H19N3O3. The molecule has 1 saturated carbocycles. The molecule has 0 radical (unpaired) electrons. The third-order valence-corrected chi connectivity index (χ3v) is 3.65. The van der Waals surface area contributed by atoms with Gasteiger partial charge in [0.2, 0.25) is 5.91 Å². The summed E-state index contributed by atoms with van der Waals surface area (Å²) in [6, 6.07) is 10.6. The Morgan fingerprint density at radius 3 is 2.42 bits per heavy atom. The number of rotatable bonds is 6. The molecule has 124 valence electrons. The van der Waals surface area contributed by atoms with Crippen molar-refractivity contribution < 1.29 is 14.3 Å². The molecule has 3 rings (SSSR count). The molecule has 1 amide bonds. The van der Waals surface area contributed by atoms with E-state index in [-0.39, 0.29) is 17.8 Å². The summed E-state index contributed by atoms with van der Waals surface area (Å²) >= 11 is 0. The minimum atomic E-state index is -0.332. The number of pyridine rings is 1. The van der Waals surface area contributed by atoms with Gasteiger partial charge in [-0.1, -0.05) is 0 Å². The number of benzene rings is 1. The molecule has 24 heavy (non-hydrogen) atoms.